The number of amides is 1. The van der Waals surface area contributed by atoms with Crippen LogP contribution in [0.15, 0.2) is 35.5 Å². The first-order valence-electron chi connectivity index (χ1n) is 7.92. The molecular weight excluding hydrogens is 338 g/mol. The van der Waals surface area contributed by atoms with Crippen LogP contribution in [0, 0.1) is 13.8 Å². The maximum Gasteiger partial charge on any atom is 0.256 e. The first-order valence-corrected chi connectivity index (χ1v) is 8.91. The number of anilines is 1. The van der Waals surface area contributed by atoms with E-state index in [-0.39, 0.29) is 11.7 Å². The van der Waals surface area contributed by atoms with Crippen molar-refractivity contribution < 1.29 is 9.53 Å². The van der Waals surface area contributed by atoms with E-state index in [9.17, 15) is 4.79 Å². The zero-order valence-corrected chi connectivity index (χ0v) is 15.1. The molecule has 0 unspecified atom stereocenters. The normalized spacial score (nSPS) is 10.8. The van der Waals surface area contributed by atoms with E-state index in [2.05, 4.69) is 20.5 Å². The Morgan fingerprint density at radius 2 is 2.08 bits per heavy atom. The van der Waals surface area contributed by atoms with Gasteiger partial charge in [-0.15, -0.1) is 10.2 Å². The van der Waals surface area contributed by atoms with E-state index in [1.165, 1.54) is 11.8 Å². The summed E-state index contributed by atoms with van der Waals surface area (Å²) in [5.41, 5.74) is 2.53. The van der Waals surface area contributed by atoms with Crippen molar-refractivity contribution in [3.63, 3.8) is 0 Å². The summed E-state index contributed by atoms with van der Waals surface area (Å²) in [4.78, 5) is 16.6. The number of hydrogen-bond donors (Lipinski definition) is 1. The molecule has 0 spiro atoms. The molecule has 2 heterocycles. The molecule has 0 radical (unpaired) electrons. The number of aromatic nitrogens is 4. The van der Waals surface area contributed by atoms with Crippen molar-refractivity contribution in [1.82, 2.24) is 19.6 Å². The highest BCUT2D eigenvalue weighted by Gasteiger charge is 2.13. The van der Waals surface area contributed by atoms with Gasteiger partial charge in [0.15, 0.2) is 5.16 Å². The van der Waals surface area contributed by atoms with Gasteiger partial charge in [-0.3, -0.25) is 9.20 Å². The van der Waals surface area contributed by atoms with Gasteiger partial charge in [0, 0.05) is 11.4 Å². The lowest BCUT2D eigenvalue weighted by Crippen LogP contribution is -2.15. The largest absolute Gasteiger partial charge is 0.492 e. The topological polar surface area (TPSA) is 81.4 Å². The lowest BCUT2D eigenvalue weighted by Gasteiger charge is -2.11. The van der Waals surface area contributed by atoms with Crippen LogP contribution in [-0.2, 0) is 4.79 Å². The van der Waals surface area contributed by atoms with E-state index in [4.69, 9.17) is 4.74 Å². The van der Waals surface area contributed by atoms with Crippen molar-refractivity contribution in [1.29, 1.82) is 0 Å². The molecular formula is C17H19N5O2S. The van der Waals surface area contributed by atoms with E-state index in [1.54, 1.807) is 0 Å². The molecule has 0 aliphatic heterocycles. The molecule has 25 heavy (non-hydrogen) atoms. The Labute approximate surface area is 149 Å². The summed E-state index contributed by atoms with van der Waals surface area (Å²) in [6.07, 6.45) is 0. The van der Waals surface area contributed by atoms with Crippen LogP contribution in [0.3, 0.4) is 0 Å². The third kappa shape index (κ3) is 3.90. The second-order valence-corrected chi connectivity index (χ2v) is 6.37. The van der Waals surface area contributed by atoms with Gasteiger partial charge in [-0.1, -0.05) is 23.9 Å². The van der Waals surface area contributed by atoms with Crippen LogP contribution in [0.5, 0.6) is 5.75 Å². The highest BCUT2D eigenvalue weighted by atomic mass is 32.2. The molecule has 130 valence electrons. The minimum Gasteiger partial charge on any atom is -0.492 e. The minimum absolute atomic E-state index is 0.133. The molecule has 0 aliphatic carbocycles. The fourth-order valence-electron chi connectivity index (χ4n) is 2.46. The summed E-state index contributed by atoms with van der Waals surface area (Å²) in [7, 11) is 0. The molecule has 3 rings (SSSR count). The van der Waals surface area contributed by atoms with E-state index >= 15 is 0 Å². The van der Waals surface area contributed by atoms with Crippen LogP contribution in [0.1, 0.15) is 18.3 Å². The van der Waals surface area contributed by atoms with Gasteiger partial charge in [0.05, 0.1) is 18.0 Å². The molecule has 2 aromatic heterocycles. The van der Waals surface area contributed by atoms with E-state index < -0.39 is 0 Å². The lowest BCUT2D eigenvalue weighted by atomic mass is 10.3. The quantitative estimate of drug-likeness (QED) is 0.683. The number of carbonyl (C=O) groups is 1. The number of ether oxygens (including phenoxy) is 1. The predicted octanol–water partition coefficient (Wildman–Crippen LogP) is 2.87. The fraction of sp³-hybridized carbons (Fsp3) is 0.294. The van der Waals surface area contributed by atoms with Crippen molar-refractivity contribution in [2.45, 2.75) is 25.9 Å². The highest BCUT2D eigenvalue weighted by Crippen LogP contribution is 2.24. The summed E-state index contributed by atoms with van der Waals surface area (Å²) >= 11 is 1.32. The van der Waals surface area contributed by atoms with E-state index in [0.29, 0.717) is 29.0 Å². The van der Waals surface area contributed by atoms with Crippen LogP contribution < -0.4 is 10.1 Å². The van der Waals surface area contributed by atoms with Gasteiger partial charge in [0.1, 0.15) is 5.75 Å². The van der Waals surface area contributed by atoms with Crippen LogP contribution in [0.2, 0.25) is 0 Å². The van der Waals surface area contributed by atoms with Gasteiger partial charge in [0.25, 0.3) is 5.78 Å². The third-order valence-electron chi connectivity index (χ3n) is 3.46. The molecule has 0 aliphatic rings. The zero-order valence-electron chi connectivity index (χ0n) is 14.3. The predicted molar refractivity (Wildman–Crippen MR) is 97.2 cm³/mol. The standard InChI is InChI=1S/C17H19N5O2S/c1-4-24-14-8-6-5-7-13(14)19-15(23)10-25-17-21-20-16-18-11(2)9-12(3)22(16)17/h5-9H,4,10H2,1-3H3,(H,19,23). The Bertz CT molecular complexity index is 909. The monoisotopic (exact) mass is 357 g/mol. The average Bonchev–Trinajstić information content (AvgIpc) is 2.98. The average molecular weight is 357 g/mol. The molecule has 0 saturated carbocycles. The highest BCUT2D eigenvalue weighted by molar-refractivity contribution is 7.99. The van der Waals surface area contributed by atoms with Crippen LogP contribution in [0.25, 0.3) is 5.78 Å². The molecule has 8 heteroatoms. The minimum atomic E-state index is -0.133. The van der Waals surface area contributed by atoms with Gasteiger partial charge >= 0.3 is 0 Å². The van der Waals surface area contributed by atoms with E-state index in [0.717, 1.165) is 11.4 Å². The number of hydrogen-bond acceptors (Lipinski definition) is 6. The number of benzene rings is 1. The van der Waals surface area contributed by atoms with E-state index in [1.807, 2.05) is 55.5 Å². The summed E-state index contributed by atoms with van der Waals surface area (Å²) in [5, 5.41) is 11.7. The van der Waals surface area contributed by atoms with Crippen LogP contribution >= 0.6 is 11.8 Å². The van der Waals surface area contributed by atoms with Gasteiger partial charge in [0.2, 0.25) is 5.91 Å². The van der Waals surface area contributed by atoms with Gasteiger partial charge in [-0.25, -0.2) is 4.98 Å². The second-order valence-electron chi connectivity index (χ2n) is 5.42. The molecule has 1 N–H and O–H groups in total. The van der Waals surface area contributed by atoms with Crippen molar-refractivity contribution in [2.24, 2.45) is 0 Å². The summed E-state index contributed by atoms with van der Waals surface area (Å²) in [6.45, 7) is 6.33. The van der Waals surface area contributed by atoms with Gasteiger partial charge < -0.3 is 10.1 Å². The maximum absolute atomic E-state index is 12.3. The molecule has 1 aromatic carbocycles. The number of rotatable bonds is 6. The van der Waals surface area contributed by atoms with Gasteiger partial charge in [-0.2, -0.15) is 0 Å². The second kappa shape index (κ2) is 7.52. The molecule has 1 amide bonds. The number of nitrogens with one attached hydrogen (secondary N) is 1. The van der Waals surface area contributed by atoms with Crippen molar-refractivity contribution in [3.05, 3.63) is 41.7 Å². The fourth-order valence-corrected chi connectivity index (χ4v) is 3.25. The SMILES string of the molecule is CCOc1ccccc1NC(=O)CSc1nnc2nc(C)cc(C)n12. The Balaban J connectivity index is 1.69. The summed E-state index contributed by atoms with van der Waals surface area (Å²) < 4.78 is 7.36. The first kappa shape index (κ1) is 17.2. The Morgan fingerprint density at radius 1 is 1.28 bits per heavy atom. The third-order valence-corrected chi connectivity index (χ3v) is 4.39. The number of para-hydroxylation sites is 2. The number of nitrogens with zero attached hydrogens (tertiary/aromatic N) is 4. The van der Waals surface area contributed by atoms with Crippen molar-refractivity contribution in [2.75, 3.05) is 17.7 Å². The number of thioether (sulfide) groups is 1. The molecule has 0 fully saturated rings. The first-order chi connectivity index (χ1) is 12.1. The number of carbonyl (C=O) groups excluding carboxylic acids is 1. The Kier molecular flexibility index (Phi) is 5.18. The molecule has 0 saturated heterocycles. The van der Waals surface area contributed by atoms with Crippen LogP contribution in [-0.4, -0.2) is 37.8 Å². The number of aryl methyl sites for hydroxylation is 2. The number of fused-ring (bicyclic) bond motifs is 1. The Morgan fingerprint density at radius 3 is 2.88 bits per heavy atom. The van der Waals surface area contributed by atoms with Crippen LogP contribution in [0.4, 0.5) is 5.69 Å². The molecule has 7 nitrogen and oxygen atoms in total. The summed E-state index contributed by atoms with van der Waals surface area (Å²) in [5.74, 6) is 1.29. The Hall–Kier alpha value is -2.61. The molecule has 0 bridgehead atoms. The smallest absolute Gasteiger partial charge is 0.256 e. The zero-order chi connectivity index (χ0) is 17.8. The molecule has 3 aromatic rings. The lowest BCUT2D eigenvalue weighted by molar-refractivity contribution is -0.113. The van der Waals surface area contributed by atoms with Crippen molar-refractivity contribution in [3.8, 4) is 5.75 Å². The summed E-state index contributed by atoms with van der Waals surface area (Å²) in [6, 6.07) is 9.33. The van der Waals surface area contributed by atoms with Crippen molar-refractivity contribution >= 4 is 29.1 Å². The van der Waals surface area contributed by atoms with Gasteiger partial charge in [-0.05, 0) is 39.0 Å². The maximum atomic E-state index is 12.3. The molecule has 0 atom stereocenters.